The highest BCUT2D eigenvalue weighted by Crippen LogP contribution is 2.21. The van der Waals surface area contributed by atoms with E-state index >= 15 is 0 Å². The number of halogens is 2. The van der Waals surface area contributed by atoms with Crippen LogP contribution in [0, 0.1) is 9.39 Å². The maximum Gasteiger partial charge on any atom is 0.265 e. The van der Waals surface area contributed by atoms with Crippen molar-refractivity contribution in [3.05, 3.63) is 51.9 Å². The van der Waals surface area contributed by atoms with Crippen molar-refractivity contribution in [2.24, 2.45) is 0 Å². The number of para-hydroxylation sites is 1. The predicted octanol–water partition coefficient (Wildman–Crippen LogP) is 3.42. The molecule has 3 N–H and O–H groups in total. The van der Waals surface area contributed by atoms with Crippen LogP contribution in [0.5, 0.6) is 5.75 Å². The molecule has 21 heavy (non-hydrogen) atoms. The molecule has 0 spiro atoms. The molecule has 0 heterocycles. The summed E-state index contributed by atoms with van der Waals surface area (Å²) in [5.41, 5.74) is 5.87. The number of benzene rings is 2. The minimum atomic E-state index is -0.688. The molecule has 1 amide bonds. The first-order valence-corrected chi connectivity index (χ1v) is 7.32. The topological polar surface area (TPSA) is 64.3 Å². The molecule has 0 saturated carbocycles. The number of rotatable bonds is 4. The van der Waals surface area contributed by atoms with E-state index in [1.54, 1.807) is 13.0 Å². The van der Waals surface area contributed by atoms with Crippen molar-refractivity contribution in [1.29, 1.82) is 0 Å². The SMILES string of the molecule is CC(Oc1ccccc1I)C(=O)Nc1ccc(F)c(N)c1. The van der Waals surface area contributed by atoms with Gasteiger partial charge in [0, 0.05) is 5.69 Å². The predicted molar refractivity (Wildman–Crippen MR) is 88.7 cm³/mol. The zero-order valence-corrected chi connectivity index (χ0v) is 13.4. The molecule has 2 rings (SSSR count). The smallest absolute Gasteiger partial charge is 0.265 e. The summed E-state index contributed by atoms with van der Waals surface area (Å²) in [6, 6.07) is 11.4. The van der Waals surface area contributed by atoms with Crippen molar-refractivity contribution in [3.8, 4) is 5.75 Å². The lowest BCUT2D eigenvalue weighted by atomic mass is 10.2. The third kappa shape index (κ3) is 4.07. The lowest BCUT2D eigenvalue weighted by Crippen LogP contribution is -2.30. The number of hydrogen-bond acceptors (Lipinski definition) is 3. The second-order valence-electron chi connectivity index (χ2n) is 4.42. The summed E-state index contributed by atoms with van der Waals surface area (Å²) >= 11 is 2.13. The summed E-state index contributed by atoms with van der Waals surface area (Å²) < 4.78 is 19.6. The number of nitrogen functional groups attached to an aromatic ring is 1. The van der Waals surface area contributed by atoms with Crippen LogP contribution >= 0.6 is 22.6 Å². The summed E-state index contributed by atoms with van der Waals surface area (Å²) in [5, 5.41) is 2.64. The van der Waals surface area contributed by atoms with Crippen molar-refractivity contribution >= 4 is 39.9 Å². The molecule has 2 aromatic rings. The Morgan fingerprint density at radius 3 is 2.71 bits per heavy atom. The van der Waals surface area contributed by atoms with E-state index in [4.69, 9.17) is 10.5 Å². The first-order valence-electron chi connectivity index (χ1n) is 6.24. The van der Waals surface area contributed by atoms with Gasteiger partial charge in [-0.25, -0.2) is 4.39 Å². The number of nitrogens with one attached hydrogen (secondary N) is 1. The van der Waals surface area contributed by atoms with Crippen LogP contribution in [0.1, 0.15) is 6.92 Å². The van der Waals surface area contributed by atoms with Crippen molar-refractivity contribution in [3.63, 3.8) is 0 Å². The van der Waals surface area contributed by atoms with Crippen LogP contribution in [0.25, 0.3) is 0 Å². The number of carbonyl (C=O) groups excluding carboxylic acids is 1. The Morgan fingerprint density at radius 1 is 1.33 bits per heavy atom. The summed E-state index contributed by atoms with van der Waals surface area (Å²) in [6.45, 7) is 1.64. The Balaban J connectivity index is 2.02. The number of carbonyl (C=O) groups is 1. The number of nitrogens with two attached hydrogens (primary N) is 1. The van der Waals surface area contributed by atoms with Crippen LogP contribution < -0.4 is 15.8 Å². The highest BCUT2D eigenvalue weighted by atomic mass is 127. The number of hydrogen-bond donors (Lipinski definition) is 2. The van der Waals surface area contributed by atoms with Gasteiger partial charge in [0.05, 0.1) is 9.26 Å². The lowest BCUT2D eigenvalue weighted by molar-refractivity contribution is -0.122. The van der Waals surface area contributed by atoms with Gasteiger partial charge in [-0.15, -0.1) is 0 Å². The number of anilines is 2. The maximum absolute atomic E-state index is 13.1. The van der Waals surface area contributed by atoms with Crippen LogP contribution in [-0.2, 0) is 4.79 Å². The molecular formula is C15H14FIN2O2. The van der Waals surface area contributed by atoms with Gasteiger partial charge in [-0.05, 0) is 59.8 Å². The molecule has 4 nitrogen and oxygen atoms in total. The lowest BCUT2D eigenvalue weighted by Gasteiger charge is -2.16. The van der Waals surface area contributed by atoms with Crippen molar-refractivity contribution < 1.29 is 13.9 Å². The Bertz CT molecular complexity index is 664. The Labute approximate surface area is 135 Å². The van der Waals surface area contributed by atoms with E-state index in [1.165, 1.54) is 18.2 Å². The fourth-order valence-electron chi connectivity index (χ4n) is 1.65. The zero-order valence-electron chi connectivity index (χ0n) is 11.3. The molecule has 0 bridgehead atoms. The standard InChI is InChI=1S/C15H14FIN2O2/c1-9(21-14-5-3-2-4-12(14)17)15(20)19-10-6-7-11(16)13(18)8-10/h2-9H,18H2,1H3,(H,19,20). The van der Waals surface area contributed by atoms with Crippen LogP contribution in [0.4, 0.5) is 15.8 Å². The Morgan fingerprint density at radius 2 is 2.05 bits per heavy atom. The molecule has 2 aromatic carbocycles. The molecule has 0 radical (unpaired) electrons. The Kier molecular flexibility index (Phi) is 5.00. The van der Waals surface area contributed by atoms with Gasteiger partial charge in [0.1, 0.15) is 11.6 Å². The van der Waals surface area contributed by atoms with Crippen molar-refractivity contribution in [2.75, 3.05) is 11.1 Å². The van der Waals surface area contributed by atoms with E-state index < -0.39 is 11.9 Å². The van der Waals surface area contributed by atoms with Crippen molar-refractivity contribution in [2.45, 2.75) is 13.0 Å². The van der Waals surface area contributed by atoms with Gasteiger partial charge in [-0.1, -0.05) is 12.1 Å². The molecule has 1 atom stereocenters. The molecule has 6 heteroatoms. The molecule has 0 aliphatic carbocycles. The second kappa shape index (κ2) is 6.75. The highest BCUT2D eigenvalue weighted by Gasteiger charge is 2.16. The van der Waals surface area contributed by atoms with Crippen LogP contribution in [0.3, 0.4) is 0 Å². The summed E-state index contributed by atoms with van der Waals surface area (Å²) in [6.07, 6.45) is -0.688. The average molecular weight is 400 g/mol. The van der Waals surface area contributed by atoms with Gasteiger partial charge >= 0.3 is 0 Å². The first kappa shape index (κ1) is 15.6. The molecule has 0 aromatic heterocycles. The normalized spacial score (nSPS) is 11.8. The number of amides is 1. The van der Waals surface area contributed by atoms with E-state index in [0.717, 1.165) is 3.57 Å². The molecule has 0 saturated heterocycles. The van der Waals surface area contributed by atoms with E-state index in [0.29, 0.717) is 11.4 Å². The van der Waals surface area contributed by atoms with Gasteiger partial charge < -0.3 is 15.8 Å². The number of ether oxygens (including phenoxy) is 1. The first-order chi connectivity index (χ1) is 9.97. The summed E-state index contributed by atoms with van der Waals surface area (Å²) in [4.78, 5) is 12.1. The molecule has 0 aliphatic rings. The van der Waals surface area contributed by atoms with E-state index in [-0.39, 0.29) is 11.6 Å². The molecular weight excluding hydrogens is 386 g/mol. The fourth-order valence-corrected chi connectivity index (χ4v) is 2.16. The third-order valence-corrected chi connectivity index (χ3v) is 3.66. The van der Waals surface area contributed by atoms with E-state index in [2.05, 4.69) is 27.9 Å². The fraction of sp³-hybridized carbons (Fsp3) is 0.133. The molecule has 1 unspecified atom stereocenters. The van der Waals surface area contributed by atoms with Crippen molar-refractivity contribution in [1.82, 2.24) is 0 Å². The van der Waals surface area contributed by atoms with Crippen LogP contribution in [0.2, 0.25) is 0 Å². The largest absolute Gasteiger partial charge is 0.480 e. The molecule has 0 fully saturated rings. The highest BCUT2D eigenvalue weighted by molar-refractivity contribution is 14.1. The van der Waals surface area contributed by atoms with Gasteiger partial charge in [0.2, 0.25) is 0 Å². The third-order valence-electron chi connectivity index (χ3n) is 2.77. The van der Waals surface area contributed by atoms with E-state index in [9.17, 15) is 9.18 Å². The summed E-state index contributed by atoms with van der Waals surface area (Å²) in [7, 11) is 0. The minimum Gasteiger partial charge on any atom is -0.480 e. The maximum atomic E-state index is 13.1. The molecule has 0 aliphatic heterocycles. The summed E-state index contributed by atoms with van der Waals surface area (Å²) in [5.74, 6) is -0.212. The van der Waals surface area contributed by atoms with Gasteiger partial charge in [0.25, 0.3) is 5.91 Å². The molecule has 110 valence electrons. The quantitative estimate of drug-likeness (QED) is 0.611. The van der Waals surface area contributed by atoms with Crippen LogP contribution in [0.15, 0.2) is 42.5 Å². The minimum absolute atomic E-state index is 0.0148. The van der Waals surface area contributed by atoms with Gasteiger partial charge in [-0.3, -0.25) is 4.79 Å². The van der Waals surface area contributed by atoms with Gasteiger partial charge in [0.15, 0.2) is 6.10 Å². The average Bonchev–Trinajstić information content (AvgIpc) is 2.45. The zero-order chi connectivity index (χ0) is 15.4. The van der Waals surface area contributed by atoms with Crippen LogP contribution in [-0.4, -0.2) is 12.0 Å². The second-order valence-corrected chi connectivity index (χ2v) is 5.58. The van der Waals surface area contributed by atoms with E-state index in [1.807, 2.05) is 18.2 Å². The Hall–Kier alpha value is -1.83. The monoisotopic (exact) mass is 400 g/mol. The van der Waals surface area contributed by atoms with Gasteiger partial charge in [-0.2, -0.15) is 0 Å².